The van der Waals surface area contributed by atoms with Gasteiger partial charge in [-0.1, -0.05) is 60.3 Å². The Bertz CT molecular complexity index is 1450. The van der Waals surface area contributed by atoms with Gasteiger partial charge in [-0.15, -0.1) is 0 Å². The van der Waals surface area contributed by atoms with Gasteiger partial charge in [0.15, 0.2) is 5.65 Å². The first-order chi connectivity index (χ1) is 15.7. The monoisotopic (exact) mass is 441 g/mol. The lowest BCUT2D eigenvalue weighted by molar-refractivity contribution is 0.0600. The number of methoxy groups -OCH3 is 1. The first-order valence-corrected chi connectivity index (χ1v) is 11.0. The Hall–Kier alpha value is -3.78. The molecule has 7 nitrogen and oxygen atoms in total. The highest BCUT2D eigenvalue weighted by Crippen LogP contribution is 2.36. The number of carbonyl (C=O) groups excluding carboxylic acids is 1. The quantitative estimate of drug-likeness (QED) is 0.223. The zero-order valence-electron chi connectivity index (χ0n) is 17.5. The Labute approximate surface area is 188 Å². The van der Waals surface area contributed by atoms with E-state index in [2.05, 4.69) is 15.1 Å². The number of hydrogen-bond donors (Lipinski definition) is 0. The zero-order valence-corrected chi connectivity index (χ0v) is 18.3. The molecule has 5 rings (SSSR count). The summed E-state index contributed by atoms with van der Waals surface area (Å²) in [6.45, 7) is 0. The maximum atomic E-state index is 13.0. The van der Waals surface area contributed by atoms with E-state index in [1.807, 2.05) is 61.6 Å². The summed E-state index contributed by atoms with van der Waals surface area (Å²) in [6, 6.07) is 17.7. The number of rotatable bonds is 5. The van der Waals surface area contributed by atoms with Crippen molar-refractivity contribution in [2.24, 2.45) is 7.05 Å². The van der Waals surface area contributed by atoms with Gasteiger partial charge in [-0.3, -0.25) is 9.67 Å². The van der Waals surface area contributed by atoms with Crippen molar-refractivity contribution in [3.8, 4) is 11.1 Å². The van der Waals surface area contributed by atoms with Crippen LogP contribution < -0.4 is 0 Å². The molecule has 2 aromatic carbocycles. The van der Waals surface area contributed by atoms with Gasteiger partial charge >= 0.3 is 5.97 Å². The molecule has 0 unspecified atom stereocenters. The molecule has 0 atom stereocenters. The Morgan fingerprint density at radius 2 is 1.81 bits per heavy atom. The molecule has 0 saturated carbocycles. The third-order valence-corrected chi connectivity index (χ3v) is 6.27. The molecule has 0 fully saturated rings. The number of nitrogens with zero attached hydrogens (tertiary/aromatic N) is 5. The van der Waals surface area contributed by atoms with Crippen LogP contribution in [0.25, 0.3) is 33.1 Å². The number of carbonyl (C=O) groups is 1. The minimum Gasteiger partial charge on any atom is -0.465 e. The number of aromatic nitrogens is 5. The zero-order chi connectivity index (χ0) is 22.1. The molecule has 0 amide bonds. The van der Waals surface area contributed by atoms with Crippen molar-refractivity contribution in [3.63, 3.8) is 0 Å². The Balaban J connectivity index is 1.67. The highest BCUT2D eigenvalue weighted by molar-refractivity contribution is 7.98. The maximum absolute atomic E-state index is 13.0. The fourth-order valence-corrected chi connectivity index (χ4v) is 4.69. The van der Waals surface area contributed by atoms with Gasteiger partial charge in [0.05, 0.1) is 35.5 Å². The van der Waals surface area contributed by atoms with Gasteiger partial charge in [0, 0.05) is 23.8 Å². The predicted octanol–water partition coefficient (Wildman–Crippen LogP) is 4.66. The summed E-state index contributed by atoms with van der Waals surface area (Å²) in [5, 5.41) is 6.83. The normalized spacial score (nSPS) is 11.2. The Morgan fingerprint density at radius 1 is 1.03 bits per heavy atom. The number of fused-ring (bicyclic) bond motifs is 2. The molecule has 0 radical (unpaired) electrons. The molecule has 5 aromatic rings. The van der Waals surface area contributed by atoms with Gasteiger partial charge in [0.1, 0.15) is 11.4 Å². The van der Waals surface area contributed by atoms with E-state index in [0.29, 0.717) is 17.0 Å². The van der Waals surface area contributed by atoms with Gasteiger partial charge in [0.2, 0.25) is 0 Å². The summed E-state index contributed by atoms with van der Waals surface area (Å²) in [5.41, 5.74) is 4.47. The van der Waals surface area contributed by atoms with Gasteiger partial charge < -0.3 is 4.74 Å². The van der Waals surface area contributed by atoms with Crippen LogP contribution in [0.15, 0.2) is 72.1 Å². The van der Waals surface area contributed by atoms with E-state index in [0.717, 1.165) is 38.1 Å². The predicted molar refractivity (Wildman–Crippen MR) is 124 cm³/mol. The first kappa shape index (κ1) is 20.1. The summed E-state index contributed by atoms with van der Waals surface area (Å²) in [4.78, 5) is 26.6. The molecule has 0 bridgehead atoms. The third-order valence-electron chi connectivity index (χ3n) is 5.26. The van der Waals surface area contributed by atoms with E-state index in [9.17, 15) is 4.79 Å². The van der Waals surface area contributed by atoms with Crippen LogP contribution in [0.4, 0.5) is 0 Å². The van der Waals surface area contributed by atoms with Crippen molar-refractivity contribution in [1.82, 2.24) is 24.7 Å². The molecular formula is C24H19N5O2S. The van der Waals surface area contributed by atoms with Crippen molar-refractivity contribution in [3.05, 3.63) is 78.4 Å². The summed E-state index contributed by atoms with van der Waals surface area (Å²) in [6.07, 6.45) is 3.28. The number of aryl methyl sites for hydroxylation is 1. The lowest BCUT2D eigenvalue weighted by Gasteiger charge is -2.16. The largest absolute Gasteiger partial charge is 0.465 e. The maximum Gasteiger partial charge on any atom is 0.340 e. The average molecular weight is 442 g/mol. The average Bonchev–Trinajstić information content (AvgIpc) is 3.23. The highest BCUT2D eigenvalue weighted by atomic mass is 32.2. The molecule has 0 aliphatic carbocycles. The van der Waals surface area contributed by atoms with E-state index in [1.165, 1.54) is 25.2 Å². The van der Waals surface area contributed by atoms with Crippen LogP contribution in [0.2, 0.25) is 0 Å². The van der Waals surface area contributed by atoms with E-state index < -0.39 is 5.97 Å². The number of esters is 1. The molecule has 3 aromatic heterocycles. The van der Waals surface area contributed by atoms with Crippen molar-refractivity contribution < 1.29 is 9.53 Å². The van der Waals surface area contributed by atoms with Gasteiger partial charge in [-0.05, 0) is 11.6 Å². The van der Waals surface area contributed by atoms with E-state index >= 15 is 0 Å². The molecule has 0 saturated heterocycles. The molecule has 8 heteroatoms. The molecule has 32 heavy (non-hydrogen) atoms. The second-order valence-corrected chi connectivity index (χ2v) is 8.12. The topological polar surface area (TPSA) is 82.8 Å². The number of pyridine rings is 1. The molecule has 158 valence electrons. The molecule has 0 aliphatic rings. The summed E-state index contributed by atoms with van der Waals surface area (Å²) < 4.78 is 6.90. The van der Waals surface area contributed by atoms with Gasteiger partial charge in [-0.25, -0.2) is 14.8 Å². The number of thioether (sulfide) groups is 1. The highest BCUT2D eigenvalue weighted by Gasteiger charge is 2.23. The minimum absolute atomic E-state index is 0.410. The molecule has 0 spiro atoms. The Morgan fingerprint density at radius 3 is 2.62 bits per heavy atom. The van der Waals surface area contributed by atoms with Crippen LogP contribution in [0.1, 0.15) is 16.1 Å². The van der Waals surface area contributed by atoms with Crippen LogP contribution in [0, 0.1) is 0 Å². The molecular weight excluding hydrogens is 422 g/mol. The molecule has 3 heterocycles. The number of para-hydroxylation sites is 1. The van der Waals surface area contributed by atoms with Crippen LogP contribution >= 0.6 is 11.8 Å². The van der Waals surface area contributed by atoms with Crippen LogP contribution in [0.3, 0.4) is 0 Å². The second-order valence-electron chi connectivity index (χ2n) is 7.16. The third kappa shape index (κ3) is 3.48. The van der Waals surface area contributed by atoms with Crippen molar-refractivity contribution in [1.29, 1.82) is 0 Å². The second kappa shape index (κ2) is 8.39. The fourth-order valence-electron chi connectivity index (χ4n) is 3.79. The van der Waals surface area contributed by atoms with Gasteiger partial charge in [-0.2, -0.15) is 5.10 Å². The summed E-state index contributed by atoms with van der Waals surface area (Å²) in [5.74, 6) is 0.0303. The van der Waals surface area contributed by atoms with Crippen molar-refractivity contribution in [2.45, 2.75) is 10.8 Å². The van der Waals surface area contributed by atoms with Crippen LogP contribution in [-0.4, -0.2) is 37.8 Å². The van der Waals surface area contributed by atoms with E-state index in [1.54, 1.807) is 10.9 Å². The van der Waals surface area contributed by atoms with Gasteiger partial charge in [0.25, 0.3) is 0 Å². The lowest BCUT2D eigenvalue weighted by Crippen LogP contribution is -2.10. The lowest BCUT2D eigenvalue weighted by atomic mass is 9.94. The van der Waals surface area contributed by atoms with Crippen molar-refractivity contribution in [2.75, 3.05) is 7.11 Å². The minimum atomic E-state index is -0.410. The summed E-state index contributed by atoms with van der Waals surface area (Å²) >= 11 is 1.50. The fraction of sp³-hybridized carbons (Fsp3) is 0.125. The molecule has 0 N–H and O–H groups in total. The van der Waals surface area contributed by atoms with Crippen LogP contribution in [0.5, 0.6) is 0 Å². The molecule has 0 aliphatic heterocycles. The first-order valence-electron chi connectivity index (χ1n) is 9.98. The van der Waals surface area contributed by atoms with E-state index in [-0.39, 0.29) is 0 Å². The smallest absolute Gasteiger partial charge is 0.340 e. The van der Waals surface area contributed by atoms with E-state index in [4.69, 9.17) is 9.72 Å². The Kier molecular flexibility index (Phi) is 5.28. The summed E-state index contributed by atoms with van der Waals surface area (Å²) in [7, 11) is 3.24. The van der Waals surface area contributed by atoms with Crippen molar-refractivity contribution >= 4 is 39.7 Å². The van der Waals surface area contributed by atoms with Crippen LogP contribution in [-0.2, 0) is 17.5 Å². The SMILES string of the molecule is COC(=O)c1c(CSc2ncnc3c2cnn3C)nc2ccccc2c1-c1ccccc1. The number of benzene rings is 2. The standard InChI is InChI=1S/C24H19N5O2S/c1-29-22-17(12-27-29)23(26-14-25-22)32-13-19-21(24(30)31-2)20(15-8-4-3-5-9-15)16-10-6-7-11-18(16)28-19/h3-12,14H,13H2,1-2H3. The number of hydrogen-bond acceptors (Lipinski definition) is 7. The number of ether oxygens (including phenoxy) is 1.